The summed E-state index contributed by atoms with van der Waals surface area (Å²) < 4.78 is 9.90. The van der Waals surface area contributed by atoms with Crippen LogP contribution in [0.15, 0.2) is 54.6 Å². The molecule has 1 N–H and O–H groups in total. The number of hydrogen-bond donors (Lipinski definition) is 1. The minimum absolute atomic E-state index is 0.234. The second-order valence-corrected chi connectivity index (χ2v) is 6.11. The molecule has 0 aliphatic heterocycles. The van der Waals surface area contributed by atoms with E-state index in [1.165, 1.54) is 7.11 Å². The van der Waals surface area contributed by atoms with Gasteiger partial charge in [-0.15, -0.1) is 0 Å². The van der Waals surface area contributed by atoms with Crippen molar-refractivity contribution in [3.05, 3.63) is 65.7 Å². The van der Waals surface area contributed by atoms with Gasteiger partial charge in [0.15, 0.2) is 6.61 Å². The quantitative estimate of drug-likeness (QED) is 0.808. The van der Waals surface area contributed by atoms with E-state index in [2.05, 4.69) is 10.1 Å². The molecule has 0 aromatic heterocycles. The second-order valence-electron chi connectivity index (χ2n) is 6.11. The number of para-hydroxylation sites is 1. The van der Waals surface area contributed by atoms with Crippen molar-refractivity contribution in [3.63, 3.8) is 0 Å². The first kappa shape index (κ1) is 17.7. The Balaban J connectivity index is 1.60. The minimum atomic E-state index is -0.633. The fourth-order valence-electron chi connectivity index (χ4n) is 2.83. The summed E-state index contributed by atoms with van der Waals surface area (Å²) in [5, 5.41) is 2.58. The van der Waals surface area contributed by atoms with Gasteiger partial charge in [0.2, 0.25) is 0 Å². The molecule has 6 heteroatoms. The second kappa shape index (κ2) is 7.39. The molecular weight excluding hydrogens is 334 g/mol. The number of benzene rings is 2. The van der Waals surface area contributed by atoms with E-state index >= 15 is 0 Å². The lowest BCUT2D eigenvalue weighted by molar-refractivity contribution is -0.150. The predicted octanol–water partition coefficient (Wildman–Crippen LogP) is 2.69. The molecule has 1 fully saturated rings. The van der Waals surface area contributed by atoms with Crippen molar-refractivity contribution in [1.29, 1.82) is 0 Å². The van der Waals surface area contributed by atoms with Gasteiger partial charge < -0.3 is 14.8 Å². The van der Waals surface area contributed by atoms with Crippen LogP contribution >= 0.6 is 0 Å². The normalized spacial score (nSPS) is 14.2. The first-order valence-corrected chi connectivity index (χ1v) is 8.27. The van der Waals surface area contributed by atoms with Crippen molar-refractivity contribution < 1.29 is 23.9 Å². The highest BCUT2D eigenvalue weighted by Crippen LogP contribution is 2.49. The third-order valence-electron chi connectivity index (χ3n) is 4.41. The Kier molecular flexibility index (Phi) is 5.02. The molecule has 2 aromatic rings. The smallest absolute Gasteiger partial charge is 0.339 e. The van der Waals surface area contributed by atoms with Gasteiger partial charge in [-0.25, -0.2) is 4.79 Å². The van der Waals surface area contributed by atoms with Gasteiger partial charge in [0.25, 0.3) is 5.91 Å². The standard InChI is InChI=1S/C20H19NO5/c1-25-18(23)15-9-5-6-10-16(15)21-17(22)13-26-19(24)20(11-12-20)14-7-3-2-4-8-14/h2-10H,11-13H2,1H3,(H,21,22). The maximum Gasteiger partial charge on any atom is 0.339 e. The molecule has 1 aliphatic rings. The topological polar surface area (TPSA) is 81.7 Å². The number of carbonyl (C=O) groups excluding carboxylic acids is 3. The molecule has 0 heterocycles. The minimum Gasteiger partial charge on any atom is -0.465 e. The van der Waals surface area contributed by atoms with Crippen molar-refractivity contribution in [1.82, 2.24) is 0 Å². The van der Waals surface area contributed by atoms with Gasteiger partial charge in [0.05, 0.1) is 23.8 Å². The number of nitrogens with one attached hydrogen (secondary N) is 1. The monoisotopic (exact) mass is 353 g/mol. The molecule has 3 rings (SSSR count). The van der Waals surface area contributed by atoms with Gasteiger partial charge in [0.1, 0.15) is 0 Å². The van der Waals surface area contributed by atoms with Crippen molar-refractivity contribution >= 4 is 23.5 Å². The van der Waals surface area contributed by atoms with Crippen LogP contribution in [0, 0.1) is 0 Å². The lowest BCUT2D eigenvalue weighted by atomic mass is 9.96. The van der Waals surface area contributed by atoms with Gasteiger partial charge >= 0.3 is 11.9 Å². The van der Waals surface area contributed by atoms with E-state index in [1.807, 2.05) is 30.3 Å². The summed E-state index contributed by atoms with van der Waals surface area (Å²) >= 11 is 0. The van der Waals surface area contributed by atoms with Gasteiger partial charge in [-0.05, 0) is 30.5 Å². The number of anilines is 1. The Hall–Kier alpha value is -3.15. The predicted molar refractivity (Wildman–Crippen MR) is 94.7 cm³/mol. The van der Waals surface area contributed by atoms with Gasteiger partial charge in [-0.2, -0.15) is 0 Å². The molecule has 134 valence electrons. The largest absolute Gasteiger partial charge is 0.465 e. The van der Waals surface area contributed by atoms with E-state index in [1.54, 1.807) is 24.3 Å². The fourth-order valence-corrected chi connectivity index (χ4v) is 2.83. The van der Waals surface area contributed by atoms with Crippen LogP contribution < -0.4 is 5.32 Å². The van der Waals surface area contributed by atoms with Crippen LogP contribution in [0.3, 0.4) is 0 Å². The highest BCUT2D eigenvalue weighted by Gasteiger charge is 2.52. The number of esters is 2. The van der Waals surface area contributed by atoms with Crippen LogP contribution in [0.25, 0.3) is 0 Å². The van der Waals surface area contributed by atoms with Crippen LogP contribution in [0.2, 0.25) is 0 Å². The molecule has 2 aromatic carbocycles. The Morgan fingerprint density at radius 2 is 1.65 bits per heavy atom. The summed E-state index contributed by atoms with van der Waals surface area (Å²) in [7, 11) is 1.27. The SMILES string of the molecule is COC(=O)c1ccccc1NC(=O)COC(=O)C1(c2ccccc2)CC1. The Morgan fingerprint density at radius 3 is 2.31 bits per heavy atom. The average molecular weight is 353 g/mol. The molecule has 0 spiro atoms. The molecule has 1 aliphatic carbocycles. The van der Waals surface area contributed by atoms with Gasteiger partial charge in [-0.3, -0.25) is 9.59 Å². The van der Waals surface area contributed by atoms with Gasteiger partial charge in [0, 0.05) is 0 Å². The van der Waals surface area contributed by atoms with E-state index in [0.717, 1.165) is 5.56 Å². The summed E-state index contributed by atoms with van der Waals surface area (Å²) in [5.74, 6) is -1.47. The molecule has 0 bridgehead atoms. The van der Waals surface area contributed by atoms with E-state index in [4.69, 9.17) is 4.74 Å². The van der Waals surface area contributed by atoms with E-state index in [0.29, 0.717) is 18.5 Å². The highest BCUT2D eigenvalue weighted by molar-refractivity contribution is 6.02. The molecule has 0 atom stereocenters. The van der Waals surface area contributed by atoms with E-state index in [9.17, 15) is 14.4 Å². The van der Waals surface area contributed by atoms with Crippen LogP contribution in [0.4, 0.5) is 5.69 Å². The Morgan fingerprint density at radius 1 is 1.00 bits per heavy atom. The van der Waals surface area contributed by atoms with Crippen molar-refractivity contribution in [2.24, 2.45) is 0 Å². The molecule has 0 saturated heterocycles. The van der Waals surface area contributed by atoms with E-state index in [-0.39, 0.29) is 5.56 Å². The number of ether oxygens (including phenoxy) is 2. The third kappa shape index (κ3) is 3.59. The first-order chi connectivity index (χ1) is 12.6. The number of methoxy groups -OCH3 is 1. The molecule has 1 amide bonds. The van der Waals surface area contributed by atoms with Crippen LogP contribution in [0.1, 0.15) is 28.8 Å². The fraction of sp³-hybridized carbons (Fsp3) is 0.250. The van der Waals surface area contributed by atoms with Crippen molar-refractivity contribution in [3.8, 4) is 0 Å². The summed E-state index contributed by atoms with van der Waals surface area (Å²) in [6.07, 6.45) is 1.42. The number of amides is 1. The maximum atomic E-state index is 12.4. The zero-order chi connectivity index (χ0) is 18.6. The zero-order valence-corrected chi connectivity index (χ0v) is 14.4. The lowest BCUT2D eigenvalue weighted by Gasteiger charge is -2.15. The van der Waals surface area contributed by atoms with Crippen LogP contribution in [0.5, 0.6) is 0 Å². The first-order valence-electron chi connectivity index (χ1n) is 8.27. The summed E-state index contributed by atoms with van der Waals surface area (Å²) in [5.41, 5.74) is 0.814. The number of hydrogen-bond acceptors (Lipinski definition) is 5. The molecule has 0 unspecified atom stereocenters. The molecule has 0 radical (unpaired) electrons. The lowest BCUT2D eigenvalue weighted by Crippen LogP contribution is -2.28. The Labute approximate surface area is 151 Å². The summed E-state index contributed by atoms with van der Waals surface area (Å²) in [6.45, 7) is -0.414. The van der Waals surface area contributed by atoms with Crippen molar-refractivity contribution in [2.45, 2.75) is 18.3 Å². The van der Waals surface area contributed by atoms with E-state index < -0.39 is 29.9 Å². The maximum absolute atomic E-state index is 12.4. The zero-order valence-electron chi connectivity index (χ0n) is 14.4. The Bertz CT molecular complexity index is 827. The average Bonchev–Trinajstić information content (AvgIpc) is 3.49. The summed E-state index contributed by atoms with van der Waals surface area (Å²) in [6, 6.07) is 15.9. The van der Waals surface area contributed by atoms with Crippen LogP contribution in [-0.2, 0) is 24.5 Å². The summed E-state index contributed by atoms with van der Waals surface area (Å²) in [4.78, 5) is 36.3. The van der Waals surface area contributed by atoms with Crippen molar-refractivity contribution in [2.75, 3.05) is 19.0 Å². The number of rotatable bonds is 6. The van der Waals surface area contributed by atoms with Gasteiger partial charge in [-0.1, -0.05) is 42.5 Å². The molecular formula is C20H19NO5. The third-order valence-corrected chi connectivity index (χ3v) is 4.41. The number of carbonyl (C=O) groups is 3. The molecule has 26 heavy (non-hydrogen) atoms. The molecule has 1 saturated carbocycles. The molecule has 6 nitrogen and oxygen atoms in total. The van der Waals surface area contributed by atoms with Crippen LogP contribution in [-0.4, -0.2) is 31.6 Å². The highest BCUT2D eigenvalue weighted by atomic mass is 16.5.